The fraction of sp³-hybridized carbons (Fsp3) is 0.400. The van der Waals surface area contributed by atoms with Crippen molar-refractivity contribution in [2.45, 2.75) is 19.3 Å². The van der Waals surface area contributed by atoms with E-state index in [4.69, 9.17) is 5.73 Å². The Morgan fingerprint density at radius 3 is 3.17 bits per heavy atom. The molecule has 0 fully saturated rings. The lowest BCUT2D eigenvalue weighted by Gasteiger charge is -2.05. The van der Waals surface area contributed by atoms with E-state index in [0.717, 1.165) is 12.2 Å². The standard InChI is InChI=1S/C10H14N2/c1-2-7-6-12-10-4-3-8(11)5-9(7)10/h3-5,7,12H,2,6,11H2,1H3/t7-/m0/s1. The molecule has 2 nitrogen and oxygen atoms in total. The van der Waals surface area contributed by atoms with Crippen molar-refractivity contribution >= 4 is 11.4 Å². The van der Waals surface area contributed by atoms with Gasteiger partial charge in [0.05, 0.1) is 0 Å². The molecular weight excluding hydrogens is 148 g/mol. The molecule has 0 spiro atoms. The van der Waals surface area contributed by atoms with Crippen LogP contribution in [0.25, 0.3) is 0 Å². The molecule has 0 bridgehead atoms. The summed E-state index contributed by atoms with van der Waals surface area (Å²) in [4.78, 5) is 0. The van der Waals surface area contributed by atoms with Gasteiger partial charge in [0.2, 0.25) is 0 Å². The molecule has 1 aromatic carbocycles. The predicted molar refractivity (Wildman–Crippen MR) is 52.4 cm³/mol. The first-order valence-electron chi connectivity index (χ1n) is 4.44. The van der Waals surface area contributed by atoms with E-state index in [1.165, 1.54) is 17.7 Å². The van der Waals surface area contributed by atoms with Crippen molar-refractivity contribution in [3.8, 4) is 0 Å². The van der Waals surface area contributed by atoms with E-state index in [0.29, 0.717) is 5.92 Å². The van der Waals surface area contributed by atoms with E-state index in [9.17, 15) is 0 Å². The third-order valence-electron chi connectivity index (χ3n) is 2.55. The van der Waals surface area contributed by atoms with E-state index in [1.54, 1.807) is 0 Å². The van der Waals surface area contributed by atoms with Crippen LogP contribution < -0.4 is 11.1 Å². The van der Waals surface area contributed by atoms with Crippen LogP contribution in [0.5, 0.6) is 0 Å². The first-order valence-corrected chi connectivity index (χ1v) is 4.44. The van der Waals surface area contributed by atoms with Gasteiger partial charge in [0.1, 0.15) is 0 Å². The van der Waals surface area contributed by atoms with E-state index in [1.807, 2.05) is 6.07 Å². The molecule has 3 N–H and O–H groups in total. The Kier molecular flexibility index (Phi) is 1.68. The van der Waals surface area contributed by atoms with Crippen LogP contribution in [0.15, 0.2) is 18.2 Å². The molecule has 2 heteroatoms. The van der Waals surface area contributed by atoms with Gasteiger partial charge in [-0.05, 0) is 30.2 Å². The van der Waals surface area contributed by atoms with Gasteiger partial charge in [-0.25, -0.2) is 0 Å². The molecule has 1 heterocycles. The fourth-order valence-corrected chi connectivity index (χ4v) is 1.79. The number of benzene rings is 1. The van der Waals surface area contributed by atoms with Gasteiger partial charge in [0.25, 0.3) is 0 Å². The first kappa shape index (κ1) is 7.47. The second-order valence-electron chi connectivity index (χ2n) is 3.33. The molecule has 0 amide bonds. The molecule has 1 aromatic rings. The summed E-state index contributed by atoms with van der Waals surface area (Å²) in [5.41, 5.74) is 9.24. The maximum atomic E-state index is 5.72. The summed E-state index contributed by atoms with van der Waals surface area (Å²) in [6.07, 6.45) is 1.18. The van der Waals surface area contributed by atoms with Gasteiger partial charge in [-0.3, -0.25) is 0 Å². The Bertz CT molecular complexity index is 294. The van der Waals surface area contributed by atoms with E-state index in [-0.39, 0.29) is 0 Å². The van der Waals surface area contributed by atoms with Gasteiger partial charge in [0, 0.05) is 23.8 Å². The number of nitrogens with two attached hydrogens (primary N) is 1. The zero-order valence-electron chi connectivity index (χ0n) is 7.30. The van der Waals surface area contributed by atoms with Gasteiger partial charge < -0.3 is 11.1 Å². The SMILES string of the molecule is CC[C@H]1CNc2ccc(N)cc21. The summed E-state index contributed by atoms with van der Waals surface area (Å²) in [5.74, 6) is 0.656. The molecule has 1 aliphatic heterocycles. The molecule has 0 aromatic heterocycles. The number of nitrogen functional groups attached to an aromatic ring is 1. The van der Waals surface area contributed by atoms with Gasteiger partial charge in [0.15, 0.2) is 0 Å². The minimum atomic E-state index is 0.656. The van der Waals surface area contributed by atoms with Crippen LogP contribution in [0.3, 0.4) is 0 Å². The Morgan fingerprint density at radius 2 is 2.42 bits per heavy atom. The molecule has 0 unspecified atom stereocenters. The van der Waals surface area contributed by atoms with Crippen molar-refractivity contribution in [3.63, 3.8) is 0 Å². The monoisotopic (exact) mass is 162 g/mol. The molecule has 1 aliphatic rings. The van der Waals surface area contributed by atoms with Crippen LogP contribution in [-0.2, 0) is 0 Å². The lowest BCUT2D eigenvalue weighted by atomic mass is 9.98. The summed E-state index contributed by atoms with van der Waals surface area (Å²) in [5, 5.41) is 3.37. The highest BCUT2D eigenvalue weighted by Gasteiger charge is 2.19. The highest BCUT2D eigenvalue weighted by molar-refractivity contribution is 5.62. The van der Waals surface area contributed by atoms with Crippen molar-refractivity contribution < 1.29 is 0 Å². The zero-order chi connectivity index (χ0) is 8.55. The first-order chi connectivity index (χ1) is 5.81. The Hall–Kier alpha value is -1.18. The summed E-state index contributed by atoms with van der Waals surface area (Å²) >= 11 is 0. The Morgan fingerprint density at radius 1 is 1.58 bits per heavy atom. The van der Waals surface area contributed by atoms with Crippen molar-refractivity contribution in [2.75, 3.05) is 17.6 Å². The predicted octanol–water partition coefficient (Wildman–Crippen LogP) is 2.19. The zero-order valence-corrected chi connectivity index (χ0v) is 7.30. The molecule has 0 saturated heterocycles. The molecule has 0 radical (unpaired) electrons. The van der Waals surface area contributed by atoms with E-state index in [2.05, 4.69) is 24.4 Å². The average Bonchev–Trinajstić information content (AvgIpc) is 2.46. The summed E-state index contributed by atoms with van der Waals surface area (Å²) in [7, 11) is 0. The minimum absolute atomic E-state index is 0.656. The number of hydrogen-bond donors (Lipinski definition) is 2. The summed E-state index contributed by atoms with van der Waals surface area (Å²) in [6.45, 7) is 3.28. The van der Waals surface area contributed by atoms with Crippen LogP contribution in [0.4, 0.5) is 11.4 Å². The maximum Gasteiger partial charge on any atom is 0.0377 e. The molecule has 64 valence electrons. The normalized spacial score (nSPS) is 20.2. The van der Waals surface area contributed by atoms with E-state index >= 15 is 0 Å². The second kappa shape index (κ2) is 2.70. The van der Waals surface area contributed by atoms with Gasteiger partial charge in [-0.2, -0.15) is 0 Å². The van der Waals surface area contributed by atoms with Crippen molar-refractivity contribution in [1.29, 1.82) is 0 Å². The van der Waals surface area contributed by atoms with Crippen molar-refractivity contribution in [2.24, 2.45) is 0 Å². The van der Waals surface area contributed by atoms with Gasteiger partial charge >= 0.3 is 0 Å². The summed E-state index contributed by atoms with van der Waals surface area (Å²) in [6, 6.07) is 6.10. The summed E-state index contributed by atoms with van der Waals surface area (Å²) < 4.78 is 0. The van der Waals surface area contributed by atoms with Gasteiger partial charge in [-0.1, -0.05) is 6.92 Å². The van der Waals surface area contributed by atoms with Crippen molar-refractivity contribution in [1.82, 2.24) is 0 Å². The number of hydrogen-bond acceptors (Lipinski definition) is 2. The second-order valence-corrected chi connectivity index (χ2v) is 3.33. The lowest BCUT2D eigenvalue weighted by molar-refractivity contribution is 0.727. The highest BCUT2D eigenvalue weighted by Crippen LogP contribution is 2.34. The maximum absolute atomic E-state index is 5.72. The minimum Gasteiger partial charge on any atom is -0.399 e. The highest BCUT2D eigenvalue weighted by atomic mass is 14.9. The van der Waals surface area contributed by atoms with Crippen molar-refractivity contribution in [3.05, 3.63) is 23.8 Å². The van der Waals surface area contributed by atoms with Crippen LogP contribution >= 0.6 is 0 Å². The van der Waals surface area contributed by atoms with E-state index < -0.39 is 0 Å². The van der Waals surface area contributed by atoms with Crippen LogP contribution in [-0.4, -0.2) is 6.54 Å². The topological polar surface area (TPSA) is 38.0 Å². The number of anilines is 2. The largest absolute Gasteiger partial charge is 0.399 e. The molecule has 0 aliphatic carbocycles. The lowest BCUT2D eigenvalue weighted by Crippen LogP contribution is -1.99. The van der Waals surface area contributed by atoms with Gasteiger partial charge in [-0.15, -0.1) is 0 Å². The molecule has 12 heavy (non-hydrogen) atoms. The third kappa shape index (κ3) is 1.04. The molecular formula is C10H14N2. The molecule has 1 atom stereocenters. The van der Waals surface area contributed by atoms with Crippen LogP contribution in [0, 0.1) is 0 Å². The quantitative estimate of drug-likeness (QED) is 0.621. The Labute approximate surface area is 72.8 Å². The smallest absolute Gasteiger partial charge is 0.0377 e. The number of rotatable bonds is 1. The number of fused-ring (bicyclic) bond motifs is 1. The Balaban J connectivity index is 2.42. The third-order valence-corrected chi connectivity index (χ3v) is 2.55. The average molecular weight is 162 g/mol. The fourth-order valence-electron chi connectivity index (χ4n) is 1.79. The number of nitrogens with one attached hydrogen (secondary N) is 1. The molecule has 0 saturated carbocycles. The van der Waals surface area contributed by atoms with Crippen LogP contribution in [0.2, 0.25) is 0 Å². The van der Waals surface area contributed by atoms with Crippen LogP contribution in [0.1, 0.15) is 24.8 Å². The molecule has 2 rings (SSSR count).